The van der Waals surface area contributed by atoms with Crippen molar-refractivity contribution in [3.8, 4) is 5.69 Å². The van der Waals surface area contributed by atoms with E-state index in [1.807, 2.05) is 30.3 Å². The summed E-state index contributed by atoms with van der Waals surface area (Å²) in [5.74, 6) is -1.26. The second kappa shape index (κ2) is 7.96. The SMILES string of the molecule is O=C(OCc1cnn(-c2ccccc2)c1)c1ccc(N2C(=O)c3ccccc3C2=O)cc1. The van der Waals surface area contributed by atoms with Gasteiger partial charge in [0.05, 0.1) is 34.3 Å². The first-order valence-corrected chi connectivity index (χ1v) is 9.96. The van der Waals surface area contributed by atoms with Crippen LogP contribution in [-0.4, -0.2) is 27.6 Å². The molecule has 0 N–H and O–H groups in total. The van der Waals surface area contributed by atoms with Gasteiger partial charge in [-0.2, -0.15) is 5.10 Å². The Hall–Kier alpha value is -4.52. The molecule has 1 aromatic heterocycles. The number of aromatic nitrogens is 2. The number of fused-ring (bicyclic) bond motifs is 1. The van der Waals surface area contributed by atoms with E-state index >= 15 is 0 Å². The Morgan fingerprint density at radius 2 is 1.41 bits per heavy atom. The highest BCUT2D eigenvalue weighted by atomic mass is 16.5. The molecule has 2 heterocycles. The minimum atomic E-state index is -0.508. The number of carbonyl (C=O) groups is 3. The van der Waals surface area contributed by atoms with Gasteiger partial charge in [-0.15, -0.1) is 0 Å². The van der Waals surface area contributed by atoms with E-state index in [9.17, 15) is 14.4 Å². The quantitative estimate of drug-likeness (QED) is 0.358. The molecule has 0 radical (unpaired) electrons. The van der Waals surface area contributed by atoms with E-state index < -0.39 is 5.97 Å². The highest BCUT2D eigenvalue weighted by Crippen LogP contribution is 2.28. The molecule has 32 heavy (non-hydrogen) atoms. The first-order valence-electron chi connectivity index (χ1n) is 9.96. The van der Waals surface area contributed by atoms with Crippen LogP contribution in [0.5, 0.6) is 0 Å². The van der Waals surface area contributed by atoms with E-state index in [4.69, 9.17) is 4.74 Å². The van der Waals surface area contributed by atoms with Gasteiger partial charge < -0.3 is 4.74 Å². The average molecular weight is 423 g/mol. The molecule has 7 heteroatoms. The molecule has 0 fully saturated rings. The number of imide groups is 1. The molecule has 0 aliphatic carbocycles. The van der Waals surface area contributed by atoms with Crippen LogP contribution in [-0.2, 0) is 11.3 Å². The van der Waals surface area contributed by atoms with Gasteiger partial charge in [-0.05, 0) is 48.5 Å². The topological polar surface area (TPSA) is 81.5 Å². The van der Waals surface area contributed by atoms with Crippen LogP contribution in [0.3, 0.4) is 0 Å². The lowest BCUT2D eigenvalue weighted by Gasteiger charge is -2.14. The molecule has 4 aromatic rings. The Morgan fingerprint density at radius 1 is 0.781 bits per heavy atom. The number of anilines is 1. The van der Waals surface area contributed by atoms with Gasteiger partial charge in [0, 0.05) is 11.8 Å². The summed E-state index contributed by atoms with van der Waals surface area (Å²) in [6.07, 6.45) is 3.44. The third-order valence-electron chi connectivity index (χ3n) is 5.18. The zero-order chi connectivity index (χ0) is 22.1. The molecule has 0 spiro atoms. The highest BCUT2D eigenvalue weighted by molar-refractivity contribution is 6.34. The van der Waals surface area contributed by atoms with Crippen molar-refractivity contribution in [3.63, 3.8) is 0 Å². The van der Waals surface area contributed by atoms with Crippen molar-refractivity contribution in [1.82, 2.24) is 9.78 Å². The van der Waals surface area contributed by atoms with Crippen LogP contribution < -0.4 is 4.90 Å². The Kier molecular flexibility index (Phi) is 4.84. The number of hydrogen-bond donors (Lipinski definition) is 0. The molecule has 0 saturated heterocycles. The number of benzene rings is 3. The van der Waals surface area contributed by atoms with E-state index in [2.05, 4.69) is 5.10 Å². The third kappa shape index (κ3) is 3.45. The largest absolute Gasteiger partial charge is 0.457 e. The van der Waals surface area contributed by atoms with Crippen molar-refractivity contribution in [2.75, 3.05) is 4.90 Å². The summed E-state index contributed by atoms with van der Waals surface area (Å²) < 4.78 is 7.09. The molecule has 7 nitrogen and oxygen atoms in total. The summed E-state index contributed by atoms with van der Waals surface area (Å²) in [5.41, 5.74) is 3.13. The molecule has 0 bridgehead atoms. The monoisotopic (exact) mass is 423 g/mol. The molecule has 0 unspecified atom stereocenters. The number of para-hydroxylation sites is 1. The van der Waals surface area contributed by atoms with Crippen LogP contribution in [0.2, 0.25) is 0 Å². The summed E-state index contributed by atoms with van der Waals surface area (Å²) in [4.78, 5) is 38.7. The van der Waals surface area contributed by atoms with Crippen molar-refractivity contribution < 1.29 is 19.1 Å². The van der Waals surface area contributed by atoms with Crippen LogP contribution >= 0.6 is 0 Å². The number of amides is 2. The first-order chi connectivity index (χ1) is 15.6. The minimum absolute atomic E-state index is 0.0752. The molecular formula is C25H17N3O4. The third-order valence-corrected chi connectivity index (χ3v) is 5.18. The number of esters is 1. The van der Waals surface area contributed by atoms with Crippen molar-refractivity contribution in [2.24, 2.45) is 0 Å². The molecule has 0 saturated carbocycles. The molecule has 1 aliphatic rings. The van der Waals surface area contributed by atoms with Crippen LogP contribution in [0.4, 0.5) is 5.69 Å². The number of rotatable bonds is 5. The number of nitrogens with zero attached hydrogens (tertiary/aromatic N) is 3. The lowest BCUT2D eigenvalue weighted by Crippen LogP contribution is -2.29. The molecule has 0 atom stereocenters. The van der Waals surface area contributed by atoms with Crippen molar-refractivity contribution in [3.05, 3.63) is 114 Å². The normalized spacial score (nSPS) is 12.7. The Bertz CT molecular complexity index is 1290. The van der Waals surface area contributed by atoms with Crippen molar-refractivity contribution in [2.45, 2.75) is 6.61 Å². The van der Waals surface area contributed by atoms with Crippen LogP contribution in [0, 0.1) is 0 Å². The van der Waals surface area contributed by atoms with Crippen molar-refractivity contribution >= 4 is 23.5 Å². The molecule has 2 amide bonds. The molecule has 156 valence electrons. The predicted octanol–water partition coefficient (Wildman–Crippen LogP) is 4.03. The van der Waals surface area contributed by atoms with Gasteiger partial charge in [0.1, 0.15) is 6.61 Å². The second-order valence-electron chi connectivity index (χ2n) is 7.24. The zero-order valence-electron chi connectivity index (χ0n) is 16.8. The van der Waals surface area contributed by atoms with E-state index in [1.54, 1.807) is 53.5 Å². The fraction of sp³-hybridized carbons (Fsp3) is 0.0400. The number of hydrogen-bond acceptors (Lipinski definition) is 5. The van der Waals surface area contributed by atoms with E-state index in [1.165, 1.54) is 12.1 Å². The summed E-state index contributed by atoms with van der Waals surface area (Å²) in [5, 5.41) is 4.28. The van der Waals surface area contributed by atoms with Gasteiger partial charge in [-0.3, -0.25) is 9.59 Å². The lowest BCUT2D eigenvalue weighted by atomic mass is 10.1. The standard InChI is InChI=1S/C25H17N3O4/c29-23-21-8-4-5-9-22(21)24(30)28(23)20-12-10-18(11-13-20)25(31)32-16-17-14-26-27(15-17)19-6-2-1-3-7-19/h1-15H,16H2. The predicted molar refractivity (Wildman–Crippen MR) is 117 cm³/mol. The van der Waals surface area contributed by atoms with Crippen LogP contribution in [0.25, 0.3) is 5.69 Å². The maximum absolute atomic E-state index is 12.6. The molecule has 5 rings (SSSR count). The average Bonchev–Trinajstić information content (AvgIpc) is 3.41. The van der Waals surface area contributed by atoms with Gasteiger partial charge in [-0.25, -0.2) is 14.4 Å². The van der Waals surface area contributed by atoms with E-state index in [0.717, 1.165) is 16.2 Å². The van der Waals surface area contributed by atoms with E-state index in [-0.39, 0.29) is 18.4 Å². The first kappa shape index (κ1) is 19.4. The minimum Gasteiger partial charge on any atom is -0.457 e. The maximum Gasteiger partial charge on any atom is 0.338 e. The highest BCUT2D eigenvalue weighted by Gasteiger charge is 2.36. The number of ether oxygens (including phenoxy) is 1. The lowest BCUT2D eigenvalue weighted by molar-refractivity contribution is 0.0472. The van der Waals surface area contributed by atoms with E-state index in [0.29, 0.717) is 22.4 Å². The summed E-state index contributed by atoms with van der Waals surface area (Å²) in [6.45, 7) is 0.0752. The van der Waals surface area contributed by atoms with Gasteiger partial charge >= 0.3 is 5.97 Å². The summed E-state index contributed by atoms with van der Waals surface area (Å²) in [7, 11) is 0. The Morgan fingerprint density at radius 3 is 2.06 bits per heavy atom. The van der Waals surface area contributed by atoms with Gasteiger partial charge in [-0.1, -0.05) is 30.3 Å². The van der Waals surface area contributed by atoms with Gasteiger partial charge in [0.2, 0.25) is 0 Å². The summed E-state index contributed by atoms with van der Waals surface area (Å²) in [6, 6.07) is 22.5. The second-order valence-corrected chi connectivity index (χ2v) is 7.24. The zero-order valence-corrected chi connectivity index (χ0v) is 16.8. The molecule has 1 aliphatic heterocycles. The number of carbonyl (C=O) groups excluding carboxylic acids is 3. The Labute approximate surface area is 183 Å². The van der Waals surface area contributed by atoms with Gasteiger partial charge in [0.25, 0.3) is 11.8 Å². The van der Waals surface area contributed by atoms with Crippen LogP contribution in [0.15, 0.2) is 91.3 Å². The fourth-order valence-electron chi connectivity index (χ4n) is 3.56. The maximum atomic E-state index is 12.6. The Balaban J connectivity index is 1.25. The fourth-order valence-corrected chi connectivity index (χ4v) is 3.56. The molecular weight excluding hydrogens is 406 g/mol. The van der Waals surface area contributed by atoms with Crippen LogP contribution in [0.1, 0.15) is 36.6 Å². The molecule has 3 aromatic carbocycles. The smallest absolute Gasteiger partial charge is 0.338 e. The summed E-state index contributed by atoms with van der Waals surface area (Å²) >= 11 is 0. The van der Waals surface area contributed by atoms with Gasteiger partial charge in [0.15, 0.2) is 0 Å². The van der Waals surface area contributed by atoms with Crippen molar-refractivity contribution in [1.29, 1.82) is 0 Å².